The van der Waals surface area contributed by atoms with Gasteiger partial charge in [0, 0.05) is 18.2 Å². The first-order valence-corrected chi connectivity index (χ1v) is 6.78. The van der Waals surface area contributed by atoms with Crippen LogP contribution in [0.4, 0.5) is 11.4 Å². The zero-order chi connectivity index (χ0) is 14.5. The van der Waals surface area contributed by atoms with E-state index in [0.717, 1.165) is 19.4 Å². The lowest BCUT2D eigenvalue weighted by molar-refractivity contribution is -0.384. The molecule has 2 unspecified atom stereocenters. The van der Waals surface area contributed by atoms with Crippen molar-refractivity contribution in [2.24, 2.45) is 0 Å². The van der Waals surface area contributed by atoms with Crippen molar-refractivity contribution in [3.63, 3.8) is 0 Å². The number of benzene rings is 1. The Balaban J connectivity index is 2.07. The van der Waals surface area contributed by atoms with Crippen molar-refractivity contribution in [3.8, 4) is 6.07 Å². The van der Waals surface area contributed by atoms with Gasteiger partial charge in [-0.25, -0.2) is 0 Å². The molecule has 1 aliphatic heterocycles. The molecule has 20 heavy (non-hydrogen) atoms. The Hall–Kier alpha value is -2.13. The smallest absolute Gasteiger partial charge is 0.293 e. The molecular formula is C14H18N4O2. The van der Waals surface area contributed by atoms with Crippen LogP contribution in [0, 0.1) is 21.4 Å². The standard InChI is InChI=1S/C14H18N4O2/c1-10(7-12-3-2-6-16-12)17-13-5-4-11(9-15)8-14(13)18(19)20/h4-5,8,10,12,16-17H,2-3,6-7H2,1H3. The first-order chi connectivity index (χ1) is 9.60. The van der Waals surface area contributed by atoms with Crippen LogP contribution in [-0.4, -0.2) is 23.6 Å². The summed E-state index contributed by atoms with van der Waals surface area (Å²) < 4.78 is 0. The van der Waals surface area contributed by atoms with Crippen molar-refractivity contribution in [2.75, 3.05) is 11.9 Å². The summed E-state index contributed by atoms with van der Waals surface area (Å²) in [4.78, 5) is 10.6. The lowest BCUT2D eigenvalue weighted by Crippen LogP contribution is -2.29. The molecule has 1 heterocycles. The van der Waals surface area contributed by atoms with Gasteiger partial charge in [-0.3, -0.25) is 10.1 Å². The van der Waals surface area contributed by atoms with Crippen LogP contribution in [0.1, 0.15) is 31.7 Å². The maximum absolute atomic E-state index is 11.1. The van der Waals surface area contributed by atoms with Crippen molar-refractivity contribution in [2.45, 2.75) is 38.3 Å². The van der Waals surface area contributed by atoms with E-state index in [1.807, 2.05) is 13.0 Å². The van der Waals surface area contributed by atoms with Crippen molar-refractivity contribution in [1.29, 1.82) is 5.26 Å². The Kier molecular flexibility index (Phi) is 4.53. The van der Waals surface area contributed by atoms with Crippen LogP contribution in [0.25, 0.3) is 0 Å². The Morgan fingerprint density at radius 3 is 3.05 bits per heavy atom. The molecule has 6 heteroatoms. The number of nitrogens with one attached hydrogen (secondary N) is 2. The van der Waals surface area contributed by atoms with E-state index in [1.165, 1.54) is 12.5 Å². The van der Waals surface area contributed by atoms with Crippen molar-refractivity contribution in [1.82, 2.24) is 5.32 Å². The highest BCUT2D eigenvalue weighted by Gasteiger charge is 2.20. The first kappa shape index (κ1) is 14.3. The van der Waals surface area contributed by atoms with Gasteiger partial charge in [-0.2, -0.15) is 5.26 Å². The maximum atomic E-state index is 11.1. The minimum atomic E-state index is -0.455. The SMILES string of the molecule is CC(CC1CCCN1)Nc1ccc(C#N)cc1[N+](=O)[O-]. The normalized spacial score (nSPS) is 19.3. The van der Waals surface area contributed by atoms with Gasteiger partial charge in [-0.1, -0.05) is 0 Å². The third-order valence-corrected chi connectivity index (χ3v) is 3.53. The lowest BCUT2D eigenvalue weighted by atomic mass is 10.1. The highest BCUT2D eigenvalue weighted by molar-refractivity contribution is 5.64. The topological polar surface area (TPSA) is 91.0 Å². The zero-order valence-corrected chi connectivity index (χ0v) is 11.4. The highest BCUT2D eigenvalue weighted by Crippen LogP contribution is 2.26. The Morgan fingerprint density at radius 1 is 1.65 bits per heavy atom. The molecule has 0 radical (unpaired) electrons. The van der Waals surface area contributed by atoms with Gasteiger partial charge in [-0.15, -0.1) is 0 Å². The average Bonchev–Trinajstić information content (AvgIpc) is 2.91. The first-order valence-electron chi connectivity index (χ1n) is 6.78. The van der Waals surface area contributed by atoms with E-state index in [-0.39, 0.29) is 11.7 Å². The Labute approximate surface area is 117 Å². The largest absolute Gasteiger partial charge is 0.377 e. The molecule has 1 saturated heterocycles. The summed E-state index contributed by atoms with van der Waals surface area (Å²) in [5, 5.41) is 26.5. The van der Waals surface area contributed by atoms with E-state index < -0.39 is 4.92 Å². The number of hydrogen-bond acceptors (Lipinski definition) is 5. The molecule has 0 aromatic heterocycles. The number of nitro groups is 1. The summed E-state index contributed by atoms with van der Waals surface area (Å²) in [5.74, 6) is 0. The molecule has 2 atom stereocenters. The predicted molar refractivity (Wildman–Crippen MR) is 76.5 cm³/mol. The second-order valence-electron chi connectivity index (χ2n) is 5.18. The van der Waals surface area contributed by atoms with E-state index in [2.05, 4.69) is 10.6 Å². The van der Waals surface area contributed by atoms with Gasteiger partial charge in [0.2, 0.25) is 0 Å². The van der Waals surface area contributed by atoms with Crippen LogP contribution >= 0.6 is 0 Å². The number of nitrogens with zero attached hydrogens (tertiary/aromatic N) is 2. The molecule has 0 aliphatic carbocycles. The average molecular weight is 274 g/mol. The number of hydrogen-bond donors (Lipinski definition) is 2. The second-order valence-corrected chi connectivity index (χ2v) is 5.18. The molecule has 106 valence electrons. The number of nitriles is 1. The molecule has 0 amide bonds. The van der Waals surface area contributed by atoms with Crippen molar-refractivity contribution >= 4 is 11.4 Å². The van der Waals surface area contributed by atoms with Gasteiger partial charge < -0.3 is 10.6 Å². The molecule has 0 saturated carbocycles. The quantitative estimate of drug-likeness (QED) is 0.635. The van der Waals surface area contributed by atoms with Crippen LogP contribution in [0.3, 0.4) is 0 Å². The van der Waals surface area contributed by atoms with E-state index in [4.69, 9.17) is 5.26 Å². The molecule has 2 rings (SSSR count). The van der Waals surface area contributed by atoms with Crippen LogP contribution < -0.4 is 10.6 Å². The van der Waals surface area contributed by atoms with Crippen LogP contribution in [0.2, 0.25) is 0 Å². The molecule has 1 aromatic rings. The van der Waals surface area contributed by atoms with Crippen molar-refractivity contribution in [3.05, 3.63) is 33.9 Å². The fraction of sp³-hybridized carbons (Fsp3) is 0.500. The molecule has 6 nitrogen and oxygen atoms in total. The van der Waals surface area contributed by atoms with Crippen molar-refractivity contribution < 1.29 is 4.92 Å². The number of nitro benzene ring substituents is 1. The lowest BCUT2D eigenvalue weighted by Gasteiger charge is -2.19. The third kappa shape index (κ3) is 3.45. The Morgan fingerprint density at radius 2 is 2.45 bits per heavy atom. The molecule has 1 aromatic carbocycles. The predicted octanol–water partition coefficient (Wildman–Crippen LogP) is 2.41. The fourth-order valence-electron chi connectivity index (χ4n) is 2.58. The highest BCUT2D eigenvalue weighted by atomic mass is 16.6. The molecular weight excluding hydrogens is 256 g/mol. The summed E-state index contributed by atoms with van der Waals surface area (Å²) in [5.41, 5.74) is 0.724. The summed E-state index contributed by atoms with van der Waals surface area (Å²) in [6, 6.07) is 7.04. The molecule has 1 fully saturated rings. The Bertz CT molecular complexity index is 532. The van der Waals surface area contributed by atoms with Crippen LogP contribution in [0.15, 0.2) is 18.2 Å². The van der Waals surface area contributed by atoms with Gasteiger partial charge in [-0.05, 0) is 44.9 Å². The van der Waals surface area contributed by atoms with E-state index in [1.54, 1.807) is 12.1 Å². The maximum Gasteiger partial charge on any atom is 0.293 e. The summed E-state index contributed by atoms with van der Waals surface area (Å²) in [6.07, 6.45) is 3.27. The van der Waals surface area contributed by atoms with Gasteiger partial charge >= 0.3 is 0 Å². The third-order valence-electron chi connectivity index (χ3n) is 3.53. The molecule has 0 spiro atoms. The fourth-order valence-corrected chi connectivity index (χ4v) is 2.58. The number of anilines is 1. The van der Waals surface area contributed by atoms with Gasteiger partial charge in [0.15, 0.2) is 0 Å². The molecule has 1 aliphatic rings. The minimum absolute atomic E-state index is 0.0460. The number of rotatable bonds is 5. The second kappa shape index (κ2) is 6.35. The zero-order valence-electron chi connectivity index (χ0n) is 11.4. The van der Waals surface area contributed by atoms with Crippen LogP contribution in [-0.2, 0) is 0 Å². The summed E-state index contributed by atoms with van der Waals surface area (Å²) >= 11 is 0. The van der Waals surface area contributed by atoms with Gasteiger partial charge in [0.05, 0.1) is 16.6 Å². The molecule has 2 N–H and O–H groups in total. The van der Waals surface area contributed by atoms with Gasteiger partial charge in [0.1, 0.15) is 5.69 Å². The van der Waals surface area contributed by atoms with Gasteiger partial charge in [0.25, 0.3) is 5.69 Å². The monoisotopic (exact) mass is 274 g/mol. The summed E-state index contributed by atoms with van der Waals surface area (Å²) in [6.45, 7) is 3.07. The van der Waals surface area contributed by atoms with E-state index >= 15 is 0 Å². The minimum Gasteiger partial charge on any atom is -0.377 e. The van der Waals surface area contributed by atoms with E-state index in [0.29, 0.717) is 17.3 Å². The van der Waals surface area contributed by atoms with E-state index in [9.17, 15) is 10.1 Å². The van der Waals surface area contributed by atoms with Crippen LogP contribution in [0.5, 0.6) is 0 Å². The molecule has 0 bridgehead atoms. The summed E-state index contributed by atoms with van der Waals surface area (Å²) in [7, 11) is 0.